The van der Waals surface area contributed by atoms with Crippen molar-refractivity contribution in [1.82, 2.24) is 0 Å². The van der Waals surface area contributed by atoms with Crippen LogP contribution < -0.4 is 0 Å². The van der Waals surface area contributed by atoms with Crippen molar-refractivity contribution in [2.24, 2.45) is 17.3 Å². The molecule has 1 N–H and O–H groups in total. The minimum atomic E-state index is 0.114. The molecule has 0 aliphatic carbocycles. The van der Waals surface area contributed by atoms with E-state index in [1.807, 2.05) is 0 Å². The number of hydrogen-bond donors (Lipinski definition) is 1. The summed E-state index contributed by atoms with van der Waals surface area (Å²) in [6.45, 7) is 8.71. The minimum Gasteiger partial charge on any atom is -0.396 e. The summed E-state index contributed by atoms with van der Waals surface area (Å²) in [6.07, 6.45) is 2.22. The van der Waals surface area contributed by atoms with Gasteiger partial charge in [-0.1, -0.05) is 20.8 Å². The van der Waals surface area contributed by atoms with E-state index in [0.717, 1.165) is 26.1 Å². The van der Waals surface area contributed by atoms with Gasteiger partial charge in [-0.15, -0.1) is 0 Å². The molecule has 0 bridgehead atoms. The first-order chi connectivity index (χ1) is 6.06. The molecule has 1 aliphatic rings. The average molecular weight is 186 g/mol. The fraction of sp³-hybridized carbons (Fsp3) is 1.00. The molecular weight excluding hydrogens is 164 g/mol. The molecule has 1 rings (SSSR count). The number of aliphatic hydroxyl groups excluding tert-OH is 1. The van der Waals surface area contributed by atoms with Crippen molar-refractivity contribution in [1.29, 1.82) is 0 Å². The number of hydrogen-bond acceptors (Lipinski definition) is 2. The normalized spacial score (nSPS) is 22.8. The largest absolute Gasteiger partial charge is 0.396 e. The summed E-state index contributed by atoms with van der Waals surface area (Å²) < 4.78 is 5.15. The second-order valence-corrected chi connectivity index (χ2v) is 5.17. The van der Waals surface area contributed by atoms with Crippen molar-refractivity contribution in [3.63, 3.8) is 0 Å². The summed E-state index contributed by atoms with van der Waals surface area (Å²) >= 11 is 0. The maximum atomic E-state index is 9.36. The lowest BCUT2D eigenvalue weighted by Gasteiger charge is -2.36. The Morgan fingerprint density at radius 2 is 2.08 bits per heavy atom. The number of aliphatic hydroxyl groups is 1. The van der Waals surface area contributed by atoms with Crippen molar-refractivity contribution in [2.45, 2.75) is 33.6 Å². The van der Waals surface area contributed by atoms with Gasteiger partial charge in [0.05, 0.1) is 13.2 Å². The van der Waals surface area contributed by atoms with Crippen LogP contribution in [0.1, 0.15) is 33.6 Å². The smallest absolute Gasteiger partial charge is 0.0516 e. The Morgan fingerprint density at radius 1 is 1.46 bits per heavy atom. The molecule has 1 heterocycles. The van der Waals surface area contributed by atoms with Gasteiger partial charge in [-0.05, 0) is 24.2 Å². The molecule has 13 heavy (non-hydrogen) atoms. The highest BCUT2D eigenvalue weighted by Gasteiger charge is 2.31. The van der Waals surface area contributed by atoms with Crippen molar-refractivity contribution in [3.05, 3.63) is 0 Å². The van der Waals surface area contributed by atoms with E-state index in [4.69, 9.17) is 4.74 Å². The van der Waals surface area contributed by atoms with Crippen molar-refractivity contribution in [2.75, 3.05) is 19.8 Å². The minimum absolute atomic E-state index is 0.114. The van der Waals surface area contributed by atoms with Crippen LogP contribution in [0, 0.1) is 17.3 Å². The van der Waals surface area contributed by atoms with E-state index in [-0.39, 0.29) is 5.41 Å². The zero-order valence-corrected chi connectivity index (χ0v) is 9.05. The van der Waals surface area contributed by atoms with Crippen molar-refractivity contribution < 1.29 is 9.84 Å². The van der Waals surface area contributed by atoms with Crippen LogP contribution in [-0.2, 0) is 4.74 Å². The second kappa shape index (κ2) is 4.43. The molecule has 1 aliphatic heterocycles. The first-order valence-corrected chi connectivity index (χ1v) is 5.24. The molecule has 0 radical (unpaired) electrons. The predicted molar refractivity (Wildman–Crippen MR) is 53.6 cm³/mol. The Labute approximate surface area is 81.3 Å². The molecule has 0 aromatic rings. The molecule has 0 spiro atoms. The van der Waals surface area contributed by atoms with Crippen LogP contribution in [0.3, 0.4) is 0 Å². The summed E-state index contributed by atoms with van der Waals surface area (Å²) in [5.74, 6) is 1.36. The molecule has 0 aromatic heterocycles. The molecule has 0 saturated carbocycles. The van der Waals surface area contributed by atoms with Gasteiger partial charge in [0.2, 0.25) is 0 Å². The summed E-state index contributed by atoms with van der Waals surface area (Å²) in [6, 6.07) is 0. The van der Waals surface area contributed by atoms with Gasteiger partial charge in [0.1, 0.15) is 0 Å². The fourth-order valence-electron chi connectivity index (χ4n) is 2.30. The SMILES string of the molecule is CC(C)CC(C)(CO)CC1COC1. The van der Waals surface area contributed by atoms with Crippen LogP contribution in [0.4, 0.5) is 0 Å². The molecule has 78 valence electrons. The van der Waals surface area contributed by atoms with Crippen molar-refractivity contribution >= 4 is 0 Å². The molecule has 0 amide bonds. The fourth-order valence-corrected chi connectivity index (χ4v) is 2.30. The van der Waals surface area contributed by atoms with E-state index < -0.39 is 0 Å². The van der Waals surface area contributed by atoms with Gasteiger partial charge in [-0.25, -0.2) is 0 Å². The zero-order valence-electron chi connectivity index (χ0n) is 9.05. The molecule has 1 fully saturated rings. The lowest BCUT2D eigenvalue weighted by Crippen LogP contribution is -2.35. The summed E-state index contributed by atoms with van der Waals surface area (Å²) in [4.78, 5) is 0. The maximum Gasteiger partial charge on any atom is 0.0516 e. The van der Waals surface area contributed by atoms with Crippen LogP contribution in [0.5, 0.6) is 0 Å². The summed E-state index contributed by atoms with van der Waals surface area (Å²) in [5, 5.41) is 9.36. The Balaban J connectivity index is 2.37. The van der Waals surface area contributed by atoms with Gasteiger partial charge in [0, 0.05) is 12.5 Å². The van der Waals surface area contributed by atoms with Crippen LogP contribution in [-0.4, -0.2) is 24.9 Å². The van der Waals surface area contributed by atoms with Crippen LogP contribution in [0.25, 0.3) is 0 Å². The van der Waals surface area contributed by atoms with E-state index in [1.54, 1.807) is 0 Å². The summed E-state index contributed by atoms with van der Waals surface area (Å²) in [5.41, 5.74) is 0.114. The average Bonchev–Trinajstić information content (AvgIpc) is 1.96. The summed E-state index contributed by atoms with van der Waals surface area (Å²) in [7, 11) is 0. The predicted octanol–water partition coefficient (Wildman–Crippen LogP) is 2.07. The van der Waals surface area contributed by atoms with E-state index >= 15 is 0 Å². The maximum absolute atomic E-state index is 9.36. The first-order valence-electron chi connectivity index (χ1n) is 5.24. The van der Waals surface area contributed by atoms with Gasteiger partial charge in [-0.3, -0.25) is 0 Å². The van der Waals surface area contributed by atoms with Gasteiger partial charge >= 0.3 is 0 Å². The Bertz CT molecular complexity index is 152. The Hall–Kier alpha value is -0.0800. The van der Waals surface area contributed by atoms with E-state index in [2.05, 4.69) is 20.8 Å². The topological polar surface area (TPSA) is 29.5 Å². The van der Waals surface area contributed by atoms with Gasteiger partial charge in [-0.2, -0.15) is 0 Å². The zero-order chi connectivity index (χ0) is 9.90. The number of rotatable bonds is 5. The van der Waals surface area contributed by atoms with E-state index in [9.17, 15) is 5.11 Å². The van der Waals surface area contributed by atoms with Gasteiger partial charge in [0.25, 0.3) is 0 Å². The third-order valence-corrected chi connectivity index (χ3v) is 2.77. The second-order valence-electron chi connectivity index (χ2n) is 5.17. The first kappa shape index (κ1) is 11.0. The third kappa shape index (κ3) is 3.28. The molecule has 1 saturated heterocycles. The molecule has 0 aromatic carbocycles. The van der Waals surface area contributed by atoms with E-state index in [0.29, 0.717) is 18.4 Å². The van der Waals surface area contributed by atoms with E-state index in [1.165, 1.54) is 0 Å². The Kier molecular flexibility index (Phi) is 3.74. The van der Waals surface area contributed by atoms with Crippen LogP contribution in [0.2, 0.25) is 0 Å². The quantitative estimate of drug-likeness (QED) is 0.712. The van der Waals surface area contributed by atoms with Gasteiger partial charge in [0.15, 0.2) is 0 Å². The third-order valence-electron chi connectivity index (χ3n) is 2.77. The van der Waals surface area contributed by atoms with Crippen LogP contribution >= 0.6 is 0 Å². The standard InChI is InChI=1S/C11H22O2/c1-9(2)4-11(3,8-12)5-10-6-13-7-10/h9-10,12H,4-8H2,1-3H3. The highest BCUT2D eigenvalue weighted by atomic mass is 16.5. The highest BCUT2D eigenvalue weighted by Crippen LogP contribution is 2.34. The highest BCUT2D eigenvalue weighted by molar-refractivity contribution is 4.80. The lowest BCUT2D eigenvalue weighted by molar-refractivity contribution is -0.0621. The molecule has 1 atom stereocenters. The Morgan fingerprint density at radius 3 is 2.38 bits per heavy atom. The lowest BCUT2D eigenvalue weighted by atomic mass is 9.75. The van der Waals surface area contributed by atoms with Crippen LogP contribution in [0.15, 0.2) is 0 Å². The molecule has 2 heteroatoms. The van der Waals surface area contributed by atoms with Crippen molar-refractivity contribution in [3.8, 4) is 0 Å². The monoisotopic (exact) mass is 186 g/mol. The van der Waals surface area contributed by atoms with Gasteiger partial charge < -0.3 is 9.84 Å². The molecule has 2 nitrogen and oxygen atoms in total. The molecular formula is C11H22O2. The molecule has 1 unspecified atom stereocenters. The number of ether oxygens (including phenoxy) is 1.